The number of carboxylic acids is 1. The lowest BCUT2D eigenvalue weighted by atomic mass is 10.4. The lowest BCUT2D eigenvalue weighted by Gasteiger charge is -2.10. The Balaban J connectivity index is 2.51. The van der Waals surface area contributed by atoms with Crippen LogP contribution in [0.25, 0.3) is 0 Å². The van der Waals surface area contributed by atoms with Crippen molar-refractivity contribution >= 4 is 16.8 Å². The van der Waals surface area contributed by atoms with Crippen molar-refractivity contribution in [1.29, 1.82) is 0 Å². The van der Waals surface area contributed by atoms with Crippen molar-refractivity contribution in [2.75, 3.05) is 13.2 Å². The summed E-state index contributed by atoms with van der Waals surface area (Å²) in [5.41, 5.74) is 0. The number of carboxylic acid groups (broad SMARTS) is 1. The second-order valence-electron chi connectivity index (χ2n) is 2.79. The van der Waals surface area contributed by atoms with Gasteiger partial charge in [0.25, 0.3) is 0 Å². The minimum absolute atomic E-state index is 0.0869. The molecule has 0 radical (unpaired) electrons. The first-order valence-corrected chi connectivity index (χ1v) is 5.10. The number of hydrogen-bond donors (Lipinski definition) is 1. The molecule has 0 aliphatic carbocycles. The highest BCUT2D eigenvalue weighted by Gasteiger charge is 2.29. The Labute approximate surface area is 73.4 Å². The van der Waals surface area contributed by atoms with Crippen molar-refractivity contribution in [1.82, 2.24) is 0 Å². The van der Waals surface area contributed by atoms with Crippen molar-refractivity contribution in [2.45, 2.75) is 23.8 Å². The maximum atomic E-state index is 11.4. The minimum Gasteiger partial charge on any atom is -0.480 e. The van der Waals surface area contributed by atoms with Crippen LogP contribution in [0.1, 0.15) is 13.3 Å². The second kappa shape index (κ2) is 4.00. The van der Waals surface area contributed by atoms with Crippen LogP contribution in [0, 0.1) is 0 Å². The van der Waals surface area contributed by atoms with Crippen molar-refractivity contribution in [2.24, 2.45) is 0 Å². The van der Waals surface area contributed by atoms with E-state index >= 15 is 0 Å². The van der Waals surface area contributed by atoms with Crippen LogP contribution in [-0.4, -0.2) is 39.0 Å². The van der Waals surface area contributed by atoms with Gasteiger partial charge in [0.15, 0.2) is 0 Å². The molecule has 70 valence electrons. The molecule has 1 fully saturated rings. The molecule has 0 aromatic carbocycles. The molecule has 5 heteroatoms. The third kappa shape index (κ3) is 2.04. The highest BCUT2D eigenvalue weighted by molar-refractivity contribution is 7.87. The van der Waals surface area contributed by atoms with Crippen LogP contribution in [0.4, 0.5) is 0 Å². The van der Waals surface area contributed by atoms with E-state index in [1.165, 1.54) is 6.92 Å². The Kier molecular flexibility index (Phi) is 3.22. The molecule has 1 rings (SSSR count). The zero-order valence-corrected chi connectivity index (χ0v) is 7.67. The van der Waals surface area contributed by atoms with Gasteiger partial charge in [-0.25, -0.2) is 0 Å². The molecule has 1 aliphatic heterocycles. The van der Waals surface area contributed by atoms with Crippen LogP contribution < -0.4 is 0 Å². The summed E-state index contributed by atoms with van der Waals surface area (Å²) in [5.74, 6) is -1.000. The summed E-state index contributed by atoms with van der Waals surface area (Å²) in [6, 6.07) is 0. The predicted octanol–water partition coefficient (Wildman–Crippen LogP) is -0.00290. The van der Waals surface area contributed by atoms with E-state index < -0.39 is 22.0 Å². The standard InChI is InChI=1S/C7H12O4S/c1-5(7(8)9)12(10)6-2-3-11-4-6/h5-6H,2-4H2,1H3,(H,8,9). The van der Waals surface area contributed by atoms with Gasteiger partial charge in [0.1, 0.15) is 5.25 Å². The number of rotatable bonds is 3. The summed E-state index contributed by atoms with van der Waals surface area (Å²) in [6.45, 7) is 2.50. The van der Waals surface area contributed by atoms with E-state index in [0.717, 1.165) is 0 Å². The first-order chi connectivity index (χ1) is 5.63. The maximum Gasteiger partial charge on any atom is 0.318 e. The van der Waals surface area contributed by atoms with E-state index in [9.17, 15) is 9.00 Å². The molecule has 1 heterocycles. The van der Waals surface area contributed by atoms with Crippen LogP contribution in [0.2, 0.25) is 0 Å². The fourth-order valence-corrected chi connectivity index (χ4v) is 2.42. The van der Waals surface area contributed by atoms with Crippen molar-refractivity contribution < 1.29 is 18.8 Å². The maximum absolute atomic E-state index is 11.4. The lowest BCUT2D eigenvalue weighted by Crippen LogP contribution is -2.30. The highest BCUT2D eigenvalue weighted by atomic mass is 32.2. The molecule has 0 spiro atoms. The lowest BCUT2D eigenvalue weighted by molar-refractivity contribution is -0.136. The molecule has 1 saturated heterocycles. The molecule has 0 amide bonds. The van der Waals surface area contributed by atoms with Gasteiger partial charge in [-0.15, -0.1) is 0 Å². The summed E-state index contributed by atoms with van der Waals surface area (Å²) in [5, 5.41) is 7.71. The average Bonchev–Trinajstić information content (AvgIpc) is 2.53. The van der Waals surface area contributed by atoms with Crippen LogP contribution in [0.15, 0.2) is 0 Å². The van der Waals surface area contributed by atoms with Gasteiger partial charge in [-0.3, -0.25) is 9.00 Å². The summed E-state index contributed by atoms with van der Waals surface area (Å²) < 4.78 is 16.5. The molecule has 0 saturated carbocycles. The Bertz CT molecular complexity index is 198. The molecule has 4 nitrogen and oxygen atoms in total. The molecule has 3 unspecified atom stereocenters. The molecule has 0 aromatic rings. The van der Waals surface area contributed by atoms with E-state index in [4.69, 9.17) is 9.84 Å². The summed E-state index contributed by atoms with van der Waals surface area (Å²) in [4.78, 5) is 10.5. The fraction of sp³-hybridized carbons (Fsp3) is 0.857. The van der Waals surface area contributed by atoms with Crippen LogP contribution in [-0.2, 0) is 20.3 Å². The zero-order valence-electron chi connectivity index (χ0n) is 6.86. The van der Waals surface area contributed by atoms with Crippen molar-refractivity contribution in [3.05, 3.63) is 0 Å². The van der Waals surface area contributed by atoms with E-state index in [2.05, 4.69) is 0 Å². The second-order valence-corrected chi connectivity index (χ2v) is 4.83. The smallest absolute Gasteiger partial charge is 0.318 e. The normalized spacial score (nSPS) is 28.2. The van der Waals surface area contributed by atoms with E-state index in [0.29, 0.717) is 19.6 Å². The van der Waals surface area contributed by atoms with Crippen LogP contribution >= 0.6 is 0 Å². The third-order valence-electron chi connectivity index (χ3n) is 1.91. The summed E-state index contributed by atoms with van der Waals surface area (Å²) in [6.07, 6.45) is 0.713. The molecule has 1 N–H and O–H groups in total. The topological polar surface area (TPSA) is 63.6 Å². The Morgan fingerprint density at radius 3 is 2.83 bits per heavy atom. The monoisotopic (exact) mass is 192 g/mol. The van der Waals surface area contributed by atoms with Crippen LogP contribution in [0.5, 0.6) is 0 Å². The van der Waals surface area contributed by atoms with Crippen molar-refractivity contribution in [3.8, 4) is 0 Å². The average molecular weight is 192 g/mol. The van der Waals surface area contributed by atoms with Gasteiger partial charge < -0.3 is 9.84 Å². The largest absolute Gasteiger partial charge is 0.480 e. The van der Waals surface area contributed by atoms with Gasteiger partial charge in [0.05, 0.1) is 11.9 Å². The van der Waals surface area contributed by atoms with Gasteiger partial charge in [-0.2, -0.15) is 0 Å². The fourth-order valence-electron chi connectivity index (χ4n) is 1.08. The molecule has 3 atom stereocenters. The molecule has 12 heavy (non-hydrogen) atoms. The van der Waals surface area contributed by atoms with Crippen LogP contribution in [0.3, 0.4) is 0 Å². The van der Waals surface area contributed by atoms with E-state index in [1.807, 2.05) is 0 Å². The number of carbonyl (C=O) groups is 1. The van der Waals surface area contributed by atoms with Gasteiger partial charge in [-0.05, 0) is 13.3 Å². The minimum atomic E-state index is -1.29. The zero-order chi connectivity index (χ0) is 9.14. The first-order valence-electron chi connectivity index (χ1n) is 3.83. The molecule has 0 aromatic heterocycles. The first kappa shape index (κ1) is 9.67. The van der Waals surface area contributed by atoms with Gasteiger partial charge in [0, 0.05) is 17.4 Å². The Morgan fingerprint density at radius 1 is 1.75 bits per heavy atom. The molecular formula is C7H12O4S. The van der Waals surface area contributed by atoms with E-state index in [-0.39, 0.29) is 5.25 Å². The number of ether oxygens (including phenoxy) is 1. The van der Waals surface area contributed by atoms with Gasteiger partial charge >= 0.3 is 5.97 Å². The molecule has 0 bridgehead atoms. The SMILES string of the molecule is CC(C(=O)O)S(=O)C1CCOC1. The van der Waals surface area contributed by atoms with Crippen molar-refractivity contribution in [3.63, 3.8) is 0 Å². The third-order valence-corrected chi connectivity index (χ3v) is 3.84. The number of aliphatic carboxylic acids is 1. The van der Waals surface area contributed by atoms with E-state index in [1.54, 1.807) is 0 Å². The highest BCUT2D eigenvalue weighted by Crippen LogP contribution is 2.14. The summed E-state index contributed by atoms with van der Waals surface area (Å²) >= 11 is 0. The predicted molar refractivity (Wildman–Crippen MR) is 44.5 cm³/mol. The molecule has 1 aliphatic rings. The molecular weight excluding hydrogens is 180 g/mol. The number of hydrogen-bond acceptors (Lipinski definition) is 3. The Morgan fingerprint density at radius 2 is 2.42 bits per heavy atom. The quantitative estimate of drug-likeness (QED) is 0.683. The van der Waals surface area contributed by atoms with Gasteiger partial charge in [-0.1, -0.05) is 0 Å². The summed E-state index contributed by atoms with van der Waals surface area (Å²) in [7, 11) is -1.29. The Hall–Kier alpha value is -0.420. The van der Waals surface area contributed by atoms with Gasteiger partial charge in [0.2, 0.25) is 0 Å².